The Labute approximate surface area is 153 Å². The van der Waals surface area contributed by atoms with Crippen LogP contribution in [0.25, 0.3) is 11.3 Å². The van der Waals surface area contributed by atoms with Crippen molar-refractivity contribution in [3.05, 3.63) is 66.5 Å². The number of ether oxygens (including phenoxy) is 1. The van der Waals surface area contributed by atoms with E-state index in [2.05, 4.69) is 50.5 Å². The van der Waals surface area contributed by atoms with Crippen molar-refractivity contribution in [3.8, 4) is 11.3 Å². The minimum Gasteiger partial charge on any atom is -0.378 e. The van der Waals surface area contributed by atoms with Gasteiger partial charge in [-0.2, -0.15) is 0 Å². The number of anilines is 3. The summed E-state index contributed by atoms with van der Waals surface area (Å²) in [7, 11) is 0. The van der Waals surface area contributed by atoms with Gasteiger partial charge in [-0.1, -0.05) is 42.5 Å². The summed E-state index contributed by atoms with van der Waals surface area (Å²) < 4.78 is 5.48. The van der Waals surface area contributed by atoms with E-state index in [1.165, 1.54) is 5.69 Å². The Bertz CT molecular complexity index is 876. The molecule has 2 heterocycles. The average Bonchev–Trinajstić information content (AvgIpc) is 2.69. The second-order valence-corrected chi connectivity index (χ2v) is 6.29. The summed E-state index contributed by atoms with van der Waals surface area (Å²) in [6, 6.07) is 20.5. The molecular formula is C21H22N4O. The minimum atomic E-state index is 0.748. The fraction of sp³-hybridized carbons (Fsp3) is 0.238. The Morgan fingerprint density at radius 2 is 1.65 bits per heavy atom. The molecule has 0 aliphatic carbocycles. The zero-order valence-corrected chi connectivity index (χ0v) is 14.9. The summed E-state index contributed by atoms with van der Waals surface area (Å²) in [4.78, 5) is 11.5. The van der Waals surface area contributed by atoms with Gasteiger partial charge in [0.1, 0.15) is 11.6 Å². The molecule has 1 aliphatic heterocycles. The standard InChI is InChI=1S/C21H22N4O/c1-16-22-19(17-7-3-2-4-8-17)15-21(23-16)24-18-9-5-6-10-20(18)25-11-13-26-14-12-25/h2-10,15H,11-14H2,1H3,(H,22,23,24). The molecule has 26 heavy (non-hydrogen) atoms. The maximum absolute atomic E-state index is 5.48. The predicted molar refractivity (Wildman–Crippen MR) is 105 cm³/mol. The van der Waals surface area contributed by atoms with Crippen molar-refractivity contribution in [2.24, 2.45) is 0 Å². The summed E-state index contributed by atoms with van der Waals surface area (Å²) >= 11 is 0. The lowest BCUT2D eigenvalue weighted by Gasteiger charge is -2.30. The van der Waals surface area contributed by atoms with E-state index in [4.69, 9.17) is 4.74 Å². The Hall–Kier alpha value is -2.92. The number of para-hydroxylation sites is 2. The Kier molecular flexibility index (Phi) is 4.80. The molecule has 1 N–H and O–H groups in total. The monoisotopic (exact) mass is 346 g/mol. The lowest BCUT2D eigenvalue weighted by atomic mass is 10.1. The van der Waals surface area contributed by atoms with Crippen LogP contribution in [0, 0.1) is 6.92 Å². The molecule has 0 spiro atoms. The number of nitrogens with one attached hydrogen (secondary N) is 1. The van der Waals surface area contributed by atoms with Gasteiger partial charge < -0.3 is 15.0 Å². The fourth-order valence-electron chi connectivity index (χ4n) is 3.19. The molecule has 1 saturated heterocycles. The van der Waals surface area contributed by atoms with E-state index in [1.54, 1.807) is 0 Å². The lowest BCUT2D eigenvalue weighted by molar-refractivity contribution is 0.123. The third-order valence-corrected chi connectivity index (χ3v) is 4.43. The van der Waals surface area contributed by atoms with E-state index >= 15 is 0 Å². The highest BCUT2D eigenvalue weighted by molar-refractivity contribution is 5.75. The number of aromatic nitrogens is 2. The van der Waals surface area contributed by atoms with Crippen LogP contribution in [0.3, 0.4) is 0 Å². The first-order valence-electron chi connectivity index (χ1n) is 8.89. The van der Waals surface area contributed by atoms with Crippen LogP contribution in [0.5, 0.6) is 0 Å². The molecular weight excluding hydrogens is 324 g/mol. The number of hydrogen-bond donors (Lipinski definition) is 1. The Morgan fingerprint density at radius 1 is 0.923 bits per heavy atom. The molecule has 0 saturated carbocycles. The van der Waals surface area contributed by atoms with Gasteiger partial charge in [-0.3, -0.25) is 0 Å². The smallest absolute Gasteiger partial charge is 0.134 e. The summed E-state index contributed by atoms with van der Waals surface area (Å²) in [5.74, 6) is 1.55. The molecule has 0 bridgehead atoms. The molecule has 0 radical (unpaired) electrons. The van der Waals surface area contributed by atoms with Crippen molar-refractivity contribution < 1.29 is 4.74 Å². The van der Waals surface area contributed by atoms with Crippen molar-refractivity contribution in [1.82, 2.24) is 9.97 Å². The quantitative estimate of drug-likeness (QED) is 0.773. The highest BCUT2D eigenvalue weighted by Gasteiger charge is 2.15. The lowest BCUT2D eigenvalue weighted by Crippen LogP contribution is -2.36. The van der Waals surface area contributed by atoms with Gasteiger partial charge in [0.15, 0.2) is 0 Å². The first kappa shape index (κ1) is 16.5. The van der Waals surface area contributed by atoms with Gasteiger partial charge in [-0.05, 0) is 19.1 Å². The maximum Gasteiger partial charge on any atom is 0.134 e. The number of hydrogen-bond acceptors (Lipinski definition) is 5. The normalized spacial score (nSPS) is 14.3. The van der Waals surface area contributed by atoms with Crippen LogP contribution in [-0.4, -0.2) is 36.3 Å². The molecule has 5 nitrogen and oxygen atoms in total. The summed E-state index contributed by atoms with van der Waals surface area (Å²) in [6.07, 6.45) is 0. The zero-order valence-electron chi connectivity index (χ0n) is 14.9. The van der Waals surface area contributed by atoms with Crippen molar-refractivity contribution in [1.29, 1.82) is 0 Å². The molecule has 5 heteroatoms. The van der Waals surface area contributed by atoms with Crippen molar-refractivity contribution >= 4 is 17.2 Å². The van der Waals surface area contributed by atoms with Gasteiger partial charge in [0.2, 0.25) is 0 Å². The van der Waals surface area contributed by atoms with Crippen LogP contribution in [-0.2, 0) is 4.74 Å². The van der Waals surface area contributed by atoms with E-state index in [1.807, 2.05) is 37.3 Å². The topological polar surface area (TPSA) is 50.3 Å². The molecule has 0 unspecified atom stereocenters. The maximum atomic E-state index is 5.48. The van der Waals surface area contributed by atoms with Crippen molar-refractivity contribution in [2.45, 2.75) is 6.92 Å². The molecule has 1 aliphatic rings. The first-order valence-corrected chi connectivity index (χ1v) is 8.89. The van der Waals surface area contributed by atoms with Crippen LogP contribution in [0.1, 0.15) is 5.82 Å². The molecule has 132 valence electrons. The minimum absolute atomic E-state index is 0.748. The number of rotatable bonds is 4. The van der Waals surface area contributed by atoms with Gasteiger partial charge in [0, 0.05) is 24.7 Å². The predicted octanol–water partition coefficient (Wildman–Crippen LogP) is 4.03. The van der Waals surface area contributed by atoms with Gasteiger partial charge in [0.05, 0.1) is 30.3 Å². The molecule has 3 aromatic rings. The molecule has 2 aromatic carbocycles. The Balaban J connectivity index is 1.65. The largest absolute Gasteiger partial charge is 0.378 e. The van der Waals surface area contributed by atoms with Crippen LogP contribution in [0.4, 0.5) is 17.2 Å². The number of nitrogens with zero attached hydrogens (tertiary/aromatic N) is 3. The van der Waals surface area contributed by atoms with Crippen LogP contribution < -0.4 is 10.2 Å². The highest BCUT2D eigenvalue weighted by atomic mass is 16.5. The van der Waals surface area contributed by atoms with Crippen molar-refractivity contribution in [3.63, 3.8) is 0 Å². The molecule has 0 atom stereocenters. The number of morpholine rings is 1. The summed E-state index contributed by atoms with van der Waals surface area (Å²) in [5, 5.41) is 3.49. The Morgan fingerprint density at radius 3 is 2.46 bits per heavy atom. The SMILES string of the molecule is Cc1nc(Nc2ccccc2N2CCOCC2)cc(-c2ccccc2)n1. The molecule has 4 rings (SSSR count). The third kappa shape index (κ3) is 3.68. The second kappa shape index (κ2) is 7.54. The fourth-order valence-corrected chi connectivity index (χ4v) is 3.19. The van der Waals surface area contributed by atoms with Crippen LogP contribution >= 0.6 is 0 Å². The zero-order chi connectivity index (χ0) is 17.8. The second-order valence-electron chi connectivity index (χ2n) is 6.29. The van der Waals surface area contributed by atoms with Gasteiger partial charge in [0.25, 0.3) is 0 Å². The summed E-state index contributed by atoms with van der Waals surface area (Å²) in [5.41, 5.74) is 4.23. The van der Waals surface area contributed by atoms with E-state index in [9.17, 15) is 0 Å². The van der Waals surface area contributed by atoms with E-state index in [0.717, 1.165) is 54.9 Å². The van der Waals surface area contributed by atoms with Crippen LogP contribution in [0.15, 0.2) is 60.7 Å². The van der Waals surface area contributed by atoms with Gasteiger partial charge >= 0.3 is 0 Å². The summed E-state index contributed by atoms with van der Waals surface area (Å²) in [6.45, 7) is 5.25. The number of aryl methyl sites for hydroxylation is 1. The van der Waals surface area contributed by atoms with Gasteiger partial charge in [-0.15, -0.1) is 0 Å². The van der Waals surface area contributed by atoms with E-state index in [0.29, 0.717) is 0 Å². The molecule has 1 aromatic heterocycles. The highest BCUT2D eigenvalue weighted by Crippen LogP contribution is 2.29. The van der Waals surface area contributed by atoms with Crippen molar-refractivity contribution in [2.75, 3.05) is 36.5 Å². The molecule has 0 amide bonds. The van der Waals surface area contributed by atoms with E-state index < -0.39 is 0 Å². The van der Waals surface area contributed by atoms with E-state index in [-0.39, 0.29) is 0 Å². The van der Waals surface area contributed by atoms with Crippen LogP contribution in [0.2, 0.25) is 0 Å². The first-order chi connectivity index (χ1) is 12.8. The molecule has 1 fully saturated rings. The average molecular weight is 346 g/mol. The van der Waals surface area contributed by atoms with Gasteiger partial charge in [-0.25, -0.2) is 9.97 Å². The number of benzene rings is 2. The third-order valence-electron chi connectivity index (χ3n) is 4.43.